The summed E-state index contributed by atoms with van der Waals surface area (Å²) in [7, 11) is 3.24. The number of amides is 1. The highest BCUT2D eigenvalue weighted by Crippen LogP contribution is 2.38. The molecule has 6 heteroatoms. The minimum absolute atomic E-state index is 0.00821. The van der Waals surface area contributed by atoms with Crippen molar-refractivity contribution in [3.8, 4) is 11.5 Å². The predicted octanol–water partition coefficient (Wildman–Crippen LogP) is 3.87. The Morgan fingerprint density at radius 3 is 2.74 bits per heavy atom. The summed E-state index contributed by atoms with van der Waals surface area (Å²) >= 11 is 0. The zero-order chi connectivity index (χ0) is 19.0. The van der Waals surface area contributed by atoms with E-state index in [4.69, 9.17) is 9.47 Å². The lowest BCUT2D eigenvalue weighted by atomic mass is 10.0. The lowest BCUT2D eigenvalue weighted by Gasteiger charge is -2.25. The van der Waals surface area contributed by atoms with E-state index < -0.39 is 0 Å². The molecule has 2 aromatic carbocycles. The van der Waals surface area contributed by atoms with Gasteiger partial charge in [0.05, 0.1) is 25.8 Å². The van der Waals surface area contributed by atoms with Crippen molar-refractivity contribution in [2.45, 2.75) is 25.8 Å². The maximum absolute atomic E-state index is 13.3. The first kappa shape index (κ1) is 17.4. The van der Waals surface area contributed by atoms with Crippen LogP contribution in [0.2, 0.25) is 0 Å². The number of H-pyrrole nitrogens is 1. The number of carbonyl (C=O) groups is 1. The van der Waals surface area contributed by atoms with E-state index in [1.807, 2.05) is 48.2 Å². The number of ether oxygens (including phenoxy) is 2. The fraction of sp³-hybridized carbons (Fsp3) is 0.333. The van der Waals surface area contributed by atoms with Crippen molar-refractivity contribution in [3.63, 3.8) is 0 Å². The van der Waals surface area contributed by atoms with Crippen LogP contribution in [0, 0.1) is 6.92 Å². The van der Waals surface area contributed by atoms with Crippen LogP contribution in [0.4, 0.5) is 0 Å². The number of hydrogen-bond acceptors (Lipinski definition) is 4. The molecule has 1 aliphatic rings. The number of aromatic amines is 1. The molecular weight excluding hydrogens is 342 g/mol. The fourth-order valence-corrected chi connectivity index (χ4v) is 3.84. The molecule has 1 atom stereocenters. The first-order chi connectivity index (χ1) is 13.1. The number of nitrogens with zero attached hydrogens (tertiary/aromatic N) is 2. The third-order valence-electron chi connectivity index (χ3n) is 5.23. The molecule has 0 saturated carbocycles. The van der Waals surface area contributed by atoms with Crippen molar-refractivity contribution in [2.75, 3.05) is 20.8 Å². The molecule has 0 bridgehead atoms. The molecule has 2 heterocycles. The van der Waals surface area contributed by atoms with Crippen LogP contribution in [-0.2, 0) is 0 Å². The first-order valence-electron chi connectivity index (χ1n) is 9.10. The van der Waals surface area contributed by atoms with Crippen LogP contribution in [0.5, 0.6) is 11.5 Å². The summed E-state index contributed by atoms with van der Waals surface area (Å²) in [5, 5.41) is 8.16. The number of benzene rings is 2. The maximum Gasteiger partial charge on any atom is 0.275 e. The number of rotatable bonds is 4. The van der Waals surface area contributed by atoms with Crippen molar-refractivity contribution in [1.82, 2.24) is 15.1 Å². The van der Waals surface area contributed by atoms with Gasteiger partial charge >= 0.3 is 0 Å². The van der Waals surface area contributed by atoms with Gasteiger partial charge in [-0.3, -0.25) is 9.89 Å². The molecule has 1 amide bonds. The first-order valence-corrected chi connectivity index (χ1v) is 9.10. The highest BCUT2D eigenvalue weighted by Gasteiger charge is 2.33. The lowest BCUT2D eigenvalue weighted by Crippen LogP contribution is -2.31. The number of hydrogen-bond donors (Lipinski definition) is 1. The average molecular weight is 365 g/mol. The fourth-order valence-electron chi connectivity index (χ4n) is 3.84. The minimum Gasteiger partial charge on any atom is -0.493 e. The molecule has 6 nitrogen and oxygen atoms in total. The Morgan fingerprint density at radius 2 is 1.96 bits per heavy atom. The number of likely N-dealkylation sites (tertiary alicyclic amines) is 1. The van der Waals surface area contributed by atoms with Crippen molar-refractivity contribution >= 4 is 16.8 Å². The van der Waals surface area contributed by atoms with Gasteiger partial charge in [0.2, 0.25) is 0 Å². The molecule has 27 heavy (non-hydrogen) atoms. The van der Waals surface area contributed by atoms with E-state index in [2.05, 4.69) is 10.2 Å². The summed E-state index contributed by atoms with van der Waals surface area (Å²) in [5.41, 5.74) is 3.53. The standard InChI is InChI=1S/C21H23N3O3/c1-13-6-8-16-15(11-13)20(23-22-16)21(25)24-10-4-5-17(24)14-7-9-18(26-2)19(12-14)27-3/h6-9,11-12,17H,4-5,10H2,1-3H3,(H,22,23). The number of aromatic nitrogens is 2. The Hall–Kier alpha value is -3.02. The quantitative estimate of drug-likeness (QED) is 0.762. The minimum atomic E-state index is -0.0378. The zero-order valence-electron chi connectivity index (χ0n) is 15.8. The number of aryl methyl sites for hydroxylation is 1. The van der Waals surface area contributed by atoms with E-state index in [0.29, 0.717) is 17.2 Å². The number of nitrogens with one attached hydrogen (secondary N) is 1. The van der Waals surface area contributed by atoms with Gasteiger partial charge in [-0.2, -0.15) is 5.10 Å². The maximum atomic E-state index is 13.3. The monoisotopic (exact) mass is 365 g/mol. The normalized spacial score (nSPS) is 16.7. The molecule has 1 N–H and O–H groups in total. The van der Waals surface area contributed by atoms with Gasteiger partial charge in [0.1, 0.15) is 0 Å². The summed E-state index contributed by atoms with van der Waals surface area (Å²) in [4.78, 5) is 15.2. The second kappa shape index (κ2) is 6.95. The smallest absolute Gasteiger partial charge is 0.275 e. The van der Waals surface area contributed by atoms with E-state index in [1.54, 1.807) is 14.2 Å². The van der Waals surface area contributed by atoms with Crippen LogP contribution >= 0.6 is 0 Å². The average Bonchev–Trinajstić information content (AvgIpc) is 3.33. The largest absolute Gasteiger partial charge is 0.493 e. The second-order valence-corrected chi connectivity index (χ2v) is 6.89. The van der Waals surface area contributed by atoms with Gasteiger partial charge in [-0.05, 0) is 49.6 Å². The second-order valence-electron chi connectivity index (χ2n) is 6.89. The summed E-state index contributed by atoms with van der Waals surface area (Å²) in [6, 6.07) is 11.8. The topological polar surface area (TPSA) is 67.5 Å². The lowest BCUT2D eigenvalue weighted by molar-refractivity contribution is 0.0731. The van der Waals surface area contributed by atoms with Gasteiger partial charge in [0.25, 0.3) is 5.91 Å². The Bertz CT molecular complexity index is 996. The van der Waals surface area contributed by atoms with Gasteiger partial charge in [0, 0.05) is 11.9 Å². The number of fused-ring (bicyclic) bond motifs is 1. The van der Waals surface area contributed by atoms with Crippen molar-refractivity contribution in [1.29, 1.82) is 0 Å². The van der Waals surface area contributed by atoms with E-state index in [9.17, 15) is 4.79 Å². The molecule has 1 saturated heterocycles. The van der Waals surface area contributed by atoms with E-state index in [-0.39, 0.29) is 11.9 Å². The third kappa shape index (κ3) is 3.01. The molecule has 3 aromatic rings. The molecular formula is C21H23N3O3. The molecule has 1 aromatic heterocycles. The van der Waals surface area contributed by atoms with Crippen LogP contribution in [0.15, 0.2) is 36.4 Å². The number of methoxy groups -OCH3 is 2. The molecule has 4 rings (SSSR count). The molecule has 140 valence electrons. The van der Waals surface area contributed by atoms with Gasteiger partial charge < -0.3 is 14.4 Å². The van der Waals surface area contributed by atoms with Crippen LogP contribution in [0.25, 0.3) is 10.9 Å². The van der Waals surface area contributed by atoms with Crippen molar-refractivity contribution < 1.29 is 14.3 Å². The highest BCUT2D eigenvalue weighted by atomic mass is 16.5. The van der Waals surface area contributed by atoms with Gasteiger partial charge in [0.15, 0.2) is 17.2 Å². The Morgan fingerprint density at radius 1 is 1.15 bits per heavy atom. The van der Waals surface area contributed by atoms with Crippen LogP contribution in [-0.4, -0.2) is 41.8 Å². The van der Waals surface area contributed by atoms with Gasteiger partial charge in [-0.1, -0.05) is 17.7 Å². The molecule has 1 unspecified atom stereocenters. The van der Waals surface area contributed by atoms with E-state index in [1.165, 1.54) is 0 Å². The Kier molecular flexibility index (Phi) is 4.48. The van der Waals surface area contributed by atoms with Crippen molar-refractivity contribution in [3.05, 3.63) is 53.2 Å². The van der Waals surface area contributed by atoms with E-state index >= 15 is 0 Å². The van der Waals surface area contributed by atoms with Crippen LogP contribution in [0.1, 0.15) is 40.5 Å². The van der Waals surface area contributed by atoms with E-state index in [0.717, 1.165) is 41.4 Å². The van der Waals surface area contributed by atoms with Gasteiger partial charge in [-0.25, -0.2) is 0 Å². The molecule has 1 fully saturated rings. The summed E-state index contributed by atoms with van der Waals surface area (Å²) in [6.07, 6.45) is 1.88. The highest BCUT2D eigenvalue weighted by molar-refractivity contribution is 6.05. The molecule has 1 aliphatic heterocycles. The number of carbonyl (C=O) groups excluding carboxylic acids is 1. The van der Waals surface area contributed by atoms with Crippen LogP contribution in [0.3, 0.4) is 0 Å². The molecule has 0 aliphatic carbocycles. The third-order valence-corrected chi connectivity index (χ3v) is 5.23. The SMILES string of the molecule is COc1ccc(C2CCCN2C(=O)c2n[nH]c3ccc(C)cc23)cc1OC. The van der Waals surface area contributed by atoms with Crippen LogP contribution < -0.4 is 9.47 Å². The zero-order valence-corrected chi connectivity index (χ0v) is 15.8. The Labute approximate surface area is 158 Å². The molecule has 0 spiro atoms. The summed E-state index contributed by atoms with van der Waals surface area (Å²) in [5.74, 6) is 1.32. The summed E-state index contributed by atoms with van der Waals surface area (Å²) in [6.45, 7) is 2.74. The molecule has 0 radical (unpaired) electrons. The van der Waals surface area contributed by atoms with Gasteiger partial charge in [-0.15, -0.1) is 0 Å². The predicted molar refractivity (Wildman–Crippen MR) is 103 cm³/mol. The van der Waals surface area contributed by atoms with Crippen molar-refractivity contribution in [2.24, 2.45) is 0 Å². The Balaban J connectivity index is 1.68. The summed E-state index contributed by atoms with van der Waals surface area (Å²) < 4.78 is 10.8.